The highest BCUT2D eigenvalue weighted by atomic mass is 32.1. The Kier molecular flexibility index (Phi) is 5.90. The molecule has 0 saturated carbocycles. The second-order valence-corrected chi connectivity index (χ2v) is 10.5. The molecule has 3 aliphatic rings. The van der Waals surface area contributed by atoms with Gasteiger partial charge < -0.3 is 14.4 Å². The Hall–Kier alpha value is -3.39. The second kappa shape index (κ2) is 9.34. The lowest BCUT2D eigenvalue weighted by Gasteiger charge is -2.33. The Morgan fingerprint density at radius 2 is 1.83 bits per heavy atom. The van der Waals surface area contributed by atoms with Gasteiger partial charge in [-0.25, -0.2) is 4.98 Å². The van der Waals surface area contributed by atoms with E-state index in [1.54, 1.807) is 18.2 Å². The van der Waals surface area contributed by atoms with Crippen LogP contribution in [0.15, 0.2) is 48.5 Å². The summed E-state index contributed by atoms with van der Waals surface area (Å²) in [6.45, 7) is 1.78. The molecule has 3 aromatic rings. The lowest BCUT2D eigenvalue weighted by molar-refractivity contribution is -0.134. The third-order valence-electron chi connectivity index (χ3n) is 7.16. The van der Waals surface area contributed by atoms with Gasteiger partial charge in [-0.2, -0.15) is 0 Å². The fourth-order valence-corrected chi connectivity index (χ4v) is 6.29. The number of hydrogen-bond acceptors (Lipinski definition) is 6. The zero-order chi connectivity index (χ0) is 23.8. The van der Waals surface area contributed by atoms with Gasteiger partial charge in [0.15, 0.2) is 16.6 Å². The molecule has 180 valence electrons. The average molecular weight is 490 g/mol. The minimum Gasteiger partial charge on any atom is -0.454 e. The summed E-state index contributed by atoms with van der Waals surface area (Å²) in [5, 5.41) is 3.43. The van der Waals surface area contributed by atoms with Crippen LogP contribution < -0.4 is 14.8 Å². The van der Waals surface area contributed by atoms with Crippen molar-refractivity contribution in [3.05, 3.63) is 70.2 Å². The first kappa shape index (κ1) is 22.1. The first-order valence-corrected chi connectivity index (χ1v) is 13.0. The van der Waals surface area contributed by atoms with E-state index in [1.807, 2.05) is 11.0 Å². The molecule has 1 aliphatic carbocycles. The molecule has 0 unspecified atom stereocenters. The summed E-state index contributed by atoms with van der Waals surface area (Å²) in [4.78, 5) is 33.9. The third kappa shape index (κ3) is 4.50. The number of aryl methyl sites for hydroxylation is 1. The number of anilines is 1. The van der Waals surface area contributed by atoms with Crippen LogP contribution >= 0.6 is 11.3 Å². The maximum absolute atomic E-state index is 13.4. The molecule has 1 N–H and O–H groups in total. The summed E-state index contributed by atoms with van der Waals surface area (Å²) in [6.07, 6.45) is 4.78. The summed E-state index contributed by atoms with van der Waals surface area (Å²) >= 11 is 1.47. The van der Waals surface area contributed by atoms with E-state index in [2.05, 4.69) is 34.6 Å². The van der Waals surface area contributed by atoms with E-state index in [9.17, 15) is 9.59 Å². The summed E-state index contributed by atoms with van der Waals surface area (Å²) < 4.78 is 10.7. The topological polar surface area (TPSA) is 80.8 Å². The molecular formula is C27H27N3O4S. The van der Waals surface area contributed by atoms with Crippen LogP contribution in [0.3, 0.4) is 0 Å². The van der Waals surface area contributed by atoms with Gasteiger partial charge >= 0.3 is 0 Å². The van der Waals surface area contributed by atoms with E-state index >= 15 is 0 Å². The molecule has 1 atom stereocenters. The highest BCUT2D eigenvalue weighted by Crippen LogP contribution is 2.40. The van der Waals surface area contributed by atoms with Crippen LogP contribution in [-0.4, -0.2) is 41.6 Å². The standard InChI is InChI=1S/C27H27N3O4S/c31-25(19-6-8-21-22(15-19)34-16-33-21)29-27-28-24-20(7-9-23(24)35-27)26(32)30-12-10-18(11-13-30)14-17-4-2-1-3-5-17/h1-6,8,15,18,20H,7,9-14,16H2,(H,28,29,31)/t20-/m1/s1. The van der Waals surface area contributed by atoms with Crippen LogP contribution in [0.5, 0.6) is 11.5 Å². The number of nitrogens with one attached hydrogen (secondary N) is 1. The zero-order valence-corrected chi connectivity index (χ0v) is 20.2. The number of benzene rings is 2. The minimum atomic E-state index is -0.251. The molecule has 0 bridgehead atoms. The van der Waals surface area contributed by atoms with Gasteiger partial charge in [-0.3, -0.25) is 14.9 Å². The molecule has 3 heterocycles. The van der Waals surface area contributed by atoms with Crippen LogP contribution in [-0.2, 0) is 17.6 Å². The SMILES string of the molecule is O=C(Nc1nc2c(s1)CC[C@H]2C(=O)N1CCC(Cc2ccccc2)CC1)c1ccc2c(c1)OCO2. The van der Waals surface area contributed by atoms with Crippen molar-refractivity contribution in [1.82, 2.24) is 9.88 Å². The van der Waals surface area contributed by atoms with Gasteiger partial charge in [0.2, 0.25) is 12.7 Å². The molecule has 0 radical (unpaired) electrons. The number of carbonyl (C=O) groups excluding carboxylic acids is 2. The van der Waals surface area contributed by atoms with Crippen molar-refractivity contribution in [2.45, 2.75) is 38.0 Å². The number of fused-ring (bicyclic) bond motifs is 2. The van der Waals surface area contributed by atoms with Gasteiger partial charge in [-0.15, -0.1) is 11.3 Å². The maximum Gasteiger partial charge on any atom is 0.257 e. The predicted octanol–water partition coefficient (Wildman–Crippen LogP) is 4.64. The molecule has 1 saturated heterocycles. The van der Waals surface area contributed by atoms with Crippen molar-refractivity contribution < 1.29 is 19.1 Å². The van der Waals surface area contributed by atoms with Crippen molar-refractivity contribution in [3.63, 3.8) is 0 Å². The number of thiazole rings is 1. The number of nitrogens with zero attached hydrogens (tertiary/aromatic N) is 2. The first-order chi connectivity index (χ1) is 17.1. The Morgan fingerprint density at radius 1 is 1.03 bits per heavy atom. The number of carbonyl (C=O) groups is 2. The van der Waals surface area contributed by atoms with Gasteiger partial charge in [-0.1, -0.05) is 30.3 Å². The molecule has 2 aromatic carbocycles. The average Bonchev–Trinajstić information content (AvgIpc) is 3.60. The lowest BCUT2D eigenvalue weighted by atomic mass is 9.89. The Balaban J connectivity index is 1.07. The van der Waals surface area contributed by atoms with E-state index in [0.717, 1.165) is 55.8 Å². The molecule has 2 aliphatic heterocycles. The van der Waals surface area contributed by atoms with Gasteiger partial charge in [0.25, 0.3) is 5.91 Å². The molecule has 0 spiro atoms. The van der Waals surface area contributed by atoms with Gasteiger partial charge in [0.1, 0.15) is 0 Å². The van der Waals surface area contributed by atoms with E-state index in [-0.39, 0.29) is 24.5 Å². The van der Waals surface area contributed by atoms with E-state index in [0.29, 0.717) is 28.1 Å². The second-order valence-electron chi connectivity index (χ2n) is 9.40. The number of hydrogen-bond donors (Lipinski definition) is 1. The van der Waals surface area contributed by atoms with Crippen LogP contribution in [0.2, 0.25) is 0 Å². The van der Waals surface area contributed by atoms with Crippen LogP contribution in [0.25, 0.3) is 0 Å². The molecular weight excluding hydrogens is 462 g/mol. The van der Waals surface area contributed by atoms with Crippen molar-refractivity contribution in [1.29, 1.82) is 0 Å². The molecule has 2 amide bonds. The van der Waals surface area contributed by atoms with Crippen molar-refractivity contribution in [3.8, 4) is 11.5 Å². The van der Waals surface area contributed by atoms with Gasteiger partial charge in [0, 0.05) is 23.5 Å². The van der Waals surface area contributed by atoms with E-state index in [1.165, 1.54) is 16.9 Å². The largest absolute Gasteiger partial charge is 0.454 e. The number of rotatable bonds is 5. The molecule has 1 fully saturated rings. The fraction of sp³-hybridized carbons (Fsp3) is 0.370. The smallest absolute Gasteiger partial charge is 0.257 e. The third-order valence-corrected chi connectivity index (χ3v) is 8.21. The summed E-state index contributed by atoms with van der Waals surface area (Å²) in [7, 11) is 0. The Labute approximate surface area is 208 Å². The molecule has 7 nitrogen and oxygen atoms in total. The monoisotopic (exact) mass is 489 g/mol. The van der Waals surface area contributed by atoms with Gasteiger partial charge in [-0.05, 0) is 61.8 Å². The molecule has 1 aromatic heterocycles. The number of ether oxygens (including phenoxy) is 2. The van der Waals surface area contributed by atoms with E-state index < -0.39 is 0 Å². The zero-order valence-electron chi connectivity index (χ0n) is 19.4. The first-order valence-electron chi connectivity index (χ1n) is 12.2. The molecule has 8 heteroatoms. The Morgan fingerprint density at radius 3 is 2.66 bits per heavy atom. The maximum atomic E-state index is 13.4. The van der Waals surface area contributed by atoms with E-state index in [4.69, 9.17) is 9.47 Å². The lowest BCUT2D eigenvalue weighted by Crippen LogP contribution is -2.41. The quantitative estimate of drug-likeness (QED) is 0.565. The van der Waals surface area contributed by atoms with Crippen molar-refractivity contribution in [2.75, 3.05) is 25.2 Å². The summed E-state index contributed by atoms with van der Waals surface area (Å²) in [6, 6.07) is 15.7. The van der Waals surface area contributed by atoms with Crippen LogP contribution in [0, 0.1) is 5.92 Å². The normalized spacial score (nSPS) is 19.0. The highest BCUT2D eigenvalue weighted by molar-refractivity contribution is 7.16. The van der Waals surface area contributed by atoms with Crippen molar-refractivity contribution in [2.24, 2.45) is 5.92 Å². The fourth-order valence-electron chi connectivity index (χ4n) is 5.25. The summed E-state index contributed by atoms with van der Waals surface area (Å²) in [5.41, 5.74) is 2.69. The molecule has 6 rings (SSSR count). The van der Waals surface area contributed by atoms with Crippen molar-refractivity contribution >= 4 is 28.3 Å². The summed E-state index contributed by atoms with van der Waals surface area (Å²) in [5.74, 6) is 1.55. The number of aromatic nitrogens is 1. The highest BCUT2D eigenvalue weighted by Gasteiger charge is 2.36. The van der Waals surface area contributed by atoms with Gasteiger partial charge in [0.05, 0.1) is 11.6 Å². The van der Waals surface area contributed by atoms with Crippen LogP contribution in [0.1, 0.15) is 51.7 Å². The number of piperidine rings is 1. The number of likely N-dealkylation sites (tertiary alicyclic amines) is 1. The molecule has 35 heavy (non-hydrogen) atoms. The number of amides is 2. The Bertz CT molecular complexity index is 1250. The van der Waals surface area contributed by atoms with Crippen LogP contribution in [0.4, 0.5) is 5.13 Å². The minimum absolute atomic E-state index is 0.166. The predicted molar refractivity (Wildman–Crippen MR) is 133 cm³/mol.